The fraction of sp³-hybridized carbons (Fsp3) is 0.471. The third-order valence-corrected chi connectivity index (χ3v) is 5.04. The minimum atomic E-state index is -0.780. The van der Waals surface area contributed by atoms with Crippen LogP contribution in [0.1, 0.15) is 43.0 Å². The fourth-order valence-corrected chi connectivity index (χ4v) is 3.67. The number of thiazole rings is 1. The third-order valence-electron chi connectivity index (χ3n) is 4.19. The van der Waals surface area contributed by atoms with Crippen LogP contribution in [0.3, 0.4) is 0 Å². The van der Waals surface area contributed by atoms with Crippen LogP contribution in [0.2, 0.25) is 0 Å². The Balaban J connectivity index is 1.66. The smallest absolute Gasteiger partial charge is 0.338 e. The van der Waals surface area contributed by atoms with Crippen LogP contribution in [0.15, 0.2) is 18.2 Å². The van der Waals surface area contributed by atoms with E-state index in [1.165, 1.54) is 11.3 Å². The minimum Gasteiger partial charge on any atom is -0.449 e. The van der Waals surface area contributed by atoms with E-state index < -0.39 is 12.1 Å². The number of rotatable bonds is 3. The van der Waals surface area contributed by atoms with Crippen molar-refractivity contribution < 1.29 is 14.3 Å². The highest BCUT2D eigenvalue weighted by Crippen LogP contribution is 2.25. The number of nitrogens with zero attached hydrogens (tertiary/aromatic N) is 2. The van der Waals surface area contributed by atoms with E-state index in [1.54, 1.807) is 30.0 Å². The highest BCUT2D eigenvalue weighted by atomic mass is 32.1. The molecule has 7 heteroatoms. The Morgan fingerprint density at radius 1 is 1.25 bits per heavy atom. The lowest BCUT2D eigenvalue weighted by Crippen LogP contribution is -2.40. The van der Waals surface area contributed by atoms with Crippen molar-refractivity contribution in [3.05, 3.63) is 23.8 Å². The van der Waals surface area contributed by atoms with Crippen molar-refractivity contribution in [3.8, 4) is 0 Å². The molecular formula is C17H21N3O3S. The molecule has 6 nitrogen and oxygen atoms in total. The van der Waals surface area contributed by atoms with E-state index in [9.17, 15) is 9.59 Å². The number of aromatic nitrogens is 1. The van der Waals surface area contributed by atoms with Crippen LogP contribution in [0.5, 0.6) is 0 Å². The molecule has 1 atom stereocenters. The van der Waals surface area contributed by atoms with E-state index in [4.69, 9.17) is 10.5 Å². The number of fused-ring (bicyclic) bond motifs is 1. The average molecular weight is 347 g/mol. The molecule has 1 aromatic carbocycles. The second kappa shape index (κ2) is 7.17. The first-order chi connectivity index (χ1) is 11.5. The molecule has 0 bridgehead atoms. The molecule has 1 amide bonds. The standard InChI is InChI=1S/C17H21N3O3S/c1-11(15(21)20-8-4-2-3-5-9-20)23-16(22)12-6-7-13-14(10-12)24-17(18)19-13/h6-7,10-11H,2-5,8-9H2,1H3,(H2,18,19). The van der Waals surface area contributed by atoms with Gasteiger partial charge in [0, 0.05) is 13.1 Å². The van der Waals surface area contributed by atoms with Crippen molar-refractivity contribution in [2.75, 3.05) is 18.8 Å². The van der Waals surface area contributed by atoms with E-state index in [-0.39, 0.29) is 5.91 Å². The van der Waals surface area contributed by atoms with E-state index in [2.05, 4.69) is 4.98 Å². The van der Waals surface area contributed by atoms with Crippen LogP contribution < -0.4 is 5.73 Å². The summed E-state index contributed by atoms with van der Waals surface area (Å²) in [7, 11) is 0. The molecule has 1 aliphatic rings. The quantitative estimate of drug-likeness (QED) is 0.863. The Morgan fingerprint density at radius 2 is 1.96 bits per heavy atom. The molecule has 128 valence electrons. The lowest BCUT2D eigenvalue weighted by atomic mass is 10.2. The number of anilines is 1. The summed E-state index contributed by atoms with van der Waals surface area (Å²) in [5.74, 6) is -0.618. The number of benzene rings is 1. The second-order valence-electron chi connectivity index (χ2n) is 6.02. The van der Waals surface area contributed by atoms with E-state index >= 15 is 0 Å². The molecular weight excluding hydrogens is 326 g/mol. The first-order valence-corrected chi connectivity index (χ1v) is 9.02. The topological polar surface area (TPSA) is 85.5 Å². The maximum Gasteiger partial charge on any atom is 0.338 e. The first kappa shape index (κ1) is 16.7. The van der Waals surface area contributed by atoms with Crippen molar-refractivity contribution in [1.29, 1.82) is 0 Å². The van der Waals surface area contributed by atoms with Crippen molar-refractivity contribution in [2.24, 2.45) is 0 Å². The molecule has 0 radical (unpaired) electrons. The zero-order chi connectivity index (χ0) is 17.1. The van der Waals surface area contributed by atoms with Crippen molar-refractivity contribution in [3.63, 3.8) is 0 Å². The molecule has 1 aliphatic heterocycles. The van der Waals surface area contributed by atoms with E-state index in [0.29, 0.717) is 10.7 Å². The number of esters is 1. The van der Waals surface area contributed by atoms with Crippen LogP contribution in [0.4, 0.5) is 5.13 Å². The van der Waals surface area contributed by atoms with Gasteiger partial charge in [0.25, 0.3) is 5.91 Å². The Morgan fingerprint density at radius 3 is 2.67 bits per heavy atom. The predicted molar refractivity (Wildman–Crippen MR) is 94.0 cm³/mol. The van der Waals surface area contributed by atoms with Gasteiger partial charge in [-0.3, -0.25) is 4.79 Å². The molecule has 1 aromatic heterocycles. The lowest BCUT2D eigenvalue weighted by molar-refractivity contribution is -0.139. The Hall–Kier alpha value is -2.15. The third kappa shape index (κ3) is 3.67. The summed E-state index contributed by atoms with van der Waals surface area (Å²) in [6, 6.07) is 5.09. The number of likely N-dealkylation sites (tertiary alicyclic amines) is 1. The number of amides is 1. The number of nitrogens with two attached hydrogens (primary N) is 1. The highest BCUT2D eigenvalue weighted by Gasteiger charge is 2.25. The van der Waals surface area contributed by atoms with Crippen molar-refractivity contribution in [1.82, 2.24) is 9.88 Å². The summed E-state index contributed by atoms with van der Waals surface area (Å²) >= 11 is 1.32. The lowest BCUT2D eigenvalue weighted by Gasteiger charge is -2.24. The van der Waals surface area contributed by atoms with Gasteiger partial charge in [-0.25, -0.2) is 9.78 Å². The largest absolute Gasteiger partial charge is 0.449 e. The maximum absolute atomic E-state index is 12.5. The summed E-state index contributed by atoms with van der Waals surface area (Å²) < 4.78 is 6.20. The van der Waals surface area contributed by atoms with Crippen molar-refractivity contribution >= 4 is 38.6 Å². The molecule has 3 rings (SSSR count). The predicted octanol–water partition coefficient (Wildman–Crippen LogP) is 2.83. The van der Waals surface area contributed by atoms with Crippen LogP contribution >= 0.6 is 11.3 Å². The number of hydrogen-bond acceptors (Lipinski definition) is 6. The van der Waals surface area contributed by atoms with E-state index in [1.807, 2.05) is 0 Å². The molecule has 1 fully saturated rings. The number of ether oxygens (including phenoxy) is 1. The molecule has 0 aliphatic carbocycles. The van der Waals surface area contributed by atoms with Gasteiger partial charge >= 0.3 is 5.97 Å². The molecule has 2 aromatic rings. The summed E-state index contributed by atoms with van der Waals surface area (Å²) in [5, 5.41) is 0.459. The Labute approximate surface area is 144 Å². The number of nitrogen functional groups attached to an aromatic ring is 1. The molecule has 2 heterocycles. The zero-order valence-electron chi connectivity index (χ0n) is 13.7. The molecule has 2 N–H and O–H groups in total. The Kier molecular flexibility index (Phi) is 4.99. The zero-order valence-corrected chi connectivity index (χ0v) is 14.5. The SMILES string of the molecule is CC(OC(=O)c1ccc2nc(N)sc2c1)C(=O)N1CCCCCC1. The molecule has 1 unspecified atom stereocenters. The maximum atomic E-state index is 12.5. The van der Waals surface area contributed by atoms with Crippen LogP contribution in [0.25, 0.3) is 10.2 Å². The Bertz CT molecular complexity index is 751. The van der Waals surface area contributed by atoms with Gasteiger partial charge in [0.15, 0.2) is 11.2 Å². The van der Waals surface area contributed by atoms with Crippen LogP contribution in [-0.4, -0.2) is 41.0 Å². The summed E-state index contributed by atoms with van der Waals surface area (Å²) in [6.07, 6.45) is 3.54. The van der Waals surface area contributed by atoms with Gasteiger partial charge in [-0.1, -0.05) is 24.2 Å². The second-order valence-corrected chi connectivity index (χ2v) is 7.08. The van der Waals surface area contributed by atoms with Gasteiger partial charge in [-0.15, -0.1) is 0 Å². The van der Waals surface area contributed by atoms with Gasteiger partial charge in [-0.2, -0.15) is 0 Å². The monoisotopic (exact) mass is 347 g/mol. The minimum absolute atomic E-state index is 0.117. The number of carbonyl (C=O) groups excluding carboxylic acids is 2. The van der Waals surface area contributed by atoms with Gasteiger partial charge in [0.2, 0.25) is 0 Å². The first-order valence-electron chi connectivity index (χ1n) is 8.20. The summed E-state index contributed by atoms with van der Waals surface area (Å²) in [6.45, 7) is 3.12. The molecule has 1 saturated heterocycles. The fourth-order valence-electron chi connectivity index (χ4n) is 2.90. The van der Waals surface area contributed by atoms with Gasteiger partial charge in [-0.05, 0) is 38.0 Å². The normalized spacial score (nSPS) is 16.6. The molecule has 0 spiro atoms. The van der Waals surface area contributed by atoms with Crippen molar-refractivity contribution in [2.45, 2.75) is 38.7 Å². The van der Waals surface area contributed by atoms with Gasteiger partial charge in [0.05, 0.1) is 15.8 Å². The average Bonchev–Trinajstić information content (AvgIpc) is 2.75. The van der Waals surface area contributed by atoms with Crippen LogP contribution in [-0.2, 0) is 9.53 Å². The van der Waals surface area contributed by atoms with Gasteiger partial charge < -0.3 is 15.4 Å². The molecule has 0 saturated carbocycles. The van der Waals surface area contributed by atoms with Crippen LogP contribution in [0, 0.1) is 0 Å². The number of carbonyl (C=O) groups is 2. The molecule has 24 heavy (non-hydrogen) atoms. The number of hydrogen-bond donors (Lipinski definition) is 1. The van der Waals surface area contributed by atoms with Gasteiger partial charge in [0.1, 0.15) is 0 Å². The van der Waals surface area contributed by atoms with E-state index in [0.717, 1.165) is 49.0 Å². The summed E-state index contributed by atoms with van der Waals surface area (Å²) in [4.78, 5) is 30.7. The summed E-state index contributed by atoms with van der Waals surface area (Å²) in [5.41, 5.74) is 6.83. The highest BCUT2D eigenvalue weighted by molar-refractivity contribution is 7.22.